The highest BCUT2D eigenvalue weighted by atomic mass is 19.4. The Morgan fingerprint density at radius 1 is 1.26 bits per heavy atom. The molecule has 1 aromatic carbocycles. The van der Waals surface area contributed by atoms with Crippen molar-refractivity contribution in [3.63, 3.8) is 0 Å². The lowest BCUT2D eigenvalue weighted by atomic mass is 10.1. The Morgan fingerprint density at radius 2 is 2.03 bits per heavy atom. The molecule has 9 nitrogen and oxygen atoms in total. The number of hydrogen-bond acceptors (Lipinski definition) is 7. The van der Waals surface area contributed by atoms with Crippen LogP contribution in [-0.4, -0.2) is 38.5 Å². The molecular weight excluding hydrogens is 421 g/mol. The zero-order chi connectivity index (χ0) is 22.0. The maximum atomic E-state index is 12.3. The van der Waals surface area contributed by atoms with Gasteiger partial charge in [-0.3, -0.25) is 9.55 Å². The smallest absolute Gasteiger partial charge is 0.443 e. The van der Waals surface area contributed by atoms with Gasteiger partial charge in [0.15, 0.2) is 0 Å². The summed E-state index contributed by atoms with van der Waals surface area (Å²) in [5, 5.41) is 10.8. The van der Waals surface area contributed by atoms with E-state index >= 15 is 0 Å². The van der Waals surface area contributed by atoms with Gasteiger partial charge in [0.1, 0.15) is 24.7 Å². The summed E-state index contributed by atoms with van der Waals surface area (Å²) in [5.74, 6) is -0.627. The van der Waals surface area contributed by atoms with E-state index in [1.54, 1.807) is 18.3 Å². The van der Waals surface area contributed by atoms with Gasteiger partial charge >= 0.3 is 18.2 Å². The predicted octanol–water partition coefficient (Wildman–Crippen LogP) is 3.73. The number of nitro groups is 1. The van der Waals surface area contributed by atoms with Crippen LogP contribution in [0.2, 0.25) is 0 Å². The zero-order valence-electron chi connectivity index (χ0n) is 15.8. The van der Waals surface area contributed by atoms with E-state index in [2.05, 4.69) is 14.7 Å². The molecule has 0 fully saturated rings. The molecule has 0 N–H and O–H groups in total. The molecule has 1 aliphatic rings. The minimum absolute atomic E-state index is 0.157. The first-order valence-corrected chi connectivity index (χ1v) is 9.04. The van der Waals surface area contributed by atoms with E-state index in [9.17, 15) is 23.3 Å². The average Bonchev–Trinajstić information content (AvgIpc) is 3.16. The van der Waals surface area contributed by atoms with Crippen LogP contribution in [0.4, 0.5) is 19.0 Å². The number of halogens is 3. The van der Waals surface area contributed by atoms with E-state index in [0.29, 0.717) is 17.8 Å². The van der Waals surface area contributed by atoms with Gasteiger partial charge in [-0.25, -0.2) is 0 Å². The van der Waals surface area contributed by atoms with Crippen LogP contribution in [-0.2, 0) is 17.9 Å². The second kappa shape index (κ2) is 8.22. The van der Waals surface area contributed by atoms with Gasteiger partial charge < -0.3 is 24.3 Å². The first kappa shape index (κ1) is 20.6. The number of nitrogens with zero attached hydrogens (tertiary/aromatic N) is 4. The third kappa shape index (κ3) is 4.91. The van der Waals surface area contributed by atoms with Crippen LogP contribution in [0.15, 0.2) is 48.8 Å². The first-order valence-electron chi connectivity index (χ1n) is 9.04. The molecule has 3 heterocycles. The Kier molecular flexibility index (Phi) is 5.46. The Bertz CT molecular complexity index is 1080. The SMILES string of the molecule is O=[N+]([O-])c1cn2c(n1)OC[C@@H](OCc1cccnc1-c1ccc(OC(F)(F)F)cc1)C2. The third-order valence-corrected chi connectivity index (χ3v) is 4.44. The number of rotatable bonds is 6. The summed E-state index contributed by atoms with van der Waals surface area (Å²) >= 11 is 0. The van der Waals surface area contributed by atoms with Crippen molar-refractivity contribution in [2.45, 2.75) is 25.6 Å². The van der Waals surface area contributed by atoms with Crippen molar-refractivity contribution in [3.05, 3.63) is 64.5 Å². The van der Waals surface area contributed by atoms with Gasteiger partial charge in [-0.05, 0) is 35.3 Å². The average molecular weight is 436 g/mol. The summed E-state index contributed by atoms with van der Waals surface area (Å²) in [6.45, 7) is 0.659. The molecule has 3 aromatic rings. The molecule has 0 saturated heterocycles. The molecule has 0 aliphatic carbocycles. The molecule has 2 aromatic heterocycles. The number of benzene rings is 1. The highest BCUT2D eigenvalue weighted by Crippen LogP contribution is 2.28. The molecule has 4 rings (SSSR count). The van der Waals surface area contributed by atoms with Crippen molar-refractivity contribution in [3.8, 4) is 23.0 Å². The van der Waals surface area contributed by atoms with E-state index in [1.165, 1.54) is 35.0 Å². The maximum absolute atomic E-state index is 12.3. The second-order valence-electron chi connectivity index (χ2n) is 6.62. The van der Waals surface area contributed by atoms with E-state index in [-0.39, 0.29) is 36.9 Å². The molecule has 0 bridgehead atoms. The monoisotopic (exact) mass is 436 g/mol. The minimum Gasteiger partial charge on any atom is -0.443 e. The molecule has 0 amide bonds. The van der Waals surface area contributed by atoms with E-state index < -0.39 is 11.3 Å². The summed E-state index contributed by atoms with van der Waals surface area (Å²) in [6, 6.07) is 9.06. The molecule has 0 saturated carbocycles. The number of hydrogen-bond donors (Lipinski definition) is 0. The summed E-state index contributed by atoms with van der Waals surface area (Å²) in [7, 11) is 0. The first-order chi connectivity index (χ1) is 14.8. The number of pyridine rings is 1. The molecule has 1 aliphatic heterocycles. The fraction of sp³-hybridized carbons (Fsp3) is 0.263. The van der Waals surface area contributed by atoms with Gasteiger partial charge in [0, 0.05) is 22.3 Å². The van der Waals surface area contributed by atoms with Crippen molar-refractivity contribution in [1.82, 2.24) is 14.5 Å². The summed E-state index contributed by atoms with van der Waals surface area (Å²) in [4.78, 5) is 18.3. The van der Waals surface area contributed by atoms with Crippen LogP contribution in [0.25, 0.3) is 11.3 Å². The van der Waals surface area contributed by atoms with Crippen LogP contribution in [0.5, 0.6) is 11.8 Å². The van der Waals surface area contributed by atoms with Gasteiger partial charge in [-0.15, -0.1) is 13.2 Å². The quantitative estimate of drug-likeness (QED) is 0.429. The standard InChI is InChI=1S/C19H15F3N4O5/c20-19(21,22)31-14-5-3-12(4-6-14)17-13(2-1-7-23-17)10-29-15-8-25-9-16(26(27)28)24-18(25)30-11-15/h1-7,9,15H,8,10-11H2/t15-/m0/s1. The molecular formula is C19H15F3N4O5. The van der Waals surface area contributed by atoms with Crippen LogP contribution in [0.1, 0.15) is 5.56 Å². The number of aromatic nitrogens is 3. The summed E-state index contributed by atoms with van der Waals surface area (Å²) in [6.07, 6.45) is -2.29. The maximum Gasteiger partial charge on any atom is 0.573 e. The van der Waals surface area contributed by atoms with Crippen LogP contribution in [0, 0.1) is 10.1 Å². The van der Waals surface area contributed by atoms with E-state index in [0.717, 1.165) is 5.56 Å². The molecule has 31 heavy (non-hydrogen) atoms. The lowest BCUT2D eigenvalue weighted by Crippen LogP contribution is -2.32. The van der Waals surface area contributed by atoms with E-state index in [4.69, 9.17) is 9.47 Å². The number of imidazole rings is 1. The highest BCUT2D eigenvalue weighted by molar-refractivity contribution is 5.63. The minimum atomic E-state index is -4.76. The third-order valence-electron chi connectivity index (χ3n) is 4.44. The zero-order valence-corrected chi connectivity index (χ0v) is 15.8. The highest BCUT2D eigenvalue weighted by Gasteiger charge is 2.31. The molecule has 0 radical (unpaired) electrons. The van der Waals surface area contributed by atoms with Crippen molar-refractivity contribution in [1.29, 1.82) is 0 Å². The Hall–Kier alpha value is -3.67. The summed E-state index contributed by atoms with van der Waals surface area (Å²) < 4.78 is 53.7. The van der Waals surface area contributed by atoms with Crippen LogP contribution >= 0.6 is 0 Å². The number of ether oxygens (including phenoxy) is 3. The van der Waals surface area contributed by atoms with Gasteiger partial charge in [-0.2, -0.15) is 0 Å². The molecule has 1 atom stereocenters. The van der Waals surface area contributed by atoms with Crippen molar-refractivity contribution < 1.29 is 32.3 Å². The van der Waals surface area contributed by atoms with Crippen molar-refractivity contribution in [2.24, 2.45) is 0 Å². The molecule has 162 valence electrons. The van der Waals surface area contributed by atoms with Crippen LogP contribution < -0.4 is 9.47 Å². The fourth-order valence-corrected chi connectivity index (χ4v) is 3.10. The van der Waals surface area contributed by atoms with Gasteiger partial charge in [0.05, 0.1) is 18.8 Å². The number of alkyl halides is 3. The molecule has 12 heteroatoms. The Labute approximate surface area is 173 Å². The van der Waals surface area contributed by atoms with Gasteiger partial charge in [0.2, 0.25) is 0 Å². The van der Waals surface area contributed by atoms with E-state index in [1.807, 2.05) is 0 Å². The van der Waals surface area contributed by atoms with Gasteiger partial charge in [-0.1, -0.05) is 6.07 Å². The molecule has 0 unspecified atom stereocenters. The lowest BCUT2D eigenvalue weighted by molar-refractivity contribution is -0.389. The number of fused-ring (bicyclic) bond motifs is 1. The van der Waals surface area contributed by atoms with Crippen molar-refractivity contribution >= 4 is 5.82 Å². The topological polar surface area (TPSA) is 102 Å². The fourth-order valence-electron chi connectivity index (χ4n) is 3.10. The Morgan fingerprint density at radius 3 is 2.74 bits per heavy atom. The van der Waals surface area contributed by atoms with Crippen molar-refractivity contribution in [2.75, 3.05) is 6.61 Å². The Balaban J connectivity index is 1.44. The van der Waals surface area contributed by atoms with Gasteiger partial charge in [0.25, 0.3) is 0 Å². The van der Waals surface area contributed by atoms with Crippen LogP contribution in [0.3, 0.4) is 0 Å². The molecule has 0 spiro atoms. The largest absolute Gasteiger partial charge is 0.573 e. The second-order valence-corrected chi connectivity index (χ2v) is 6.62. The normalized spacial score (nSPS) is 15.8. The predicted molar refractivity (Wildman–Crippen MR) is 99.3 cm³/mol. The lowest BCUT2D eigenvalue weighted by Gasteiger charge is -2.22. The summed E-state index contributed by atoms with van der Waals surface area (Å²) in [5.41, 5.74) is 1.87.